The van der Waals surface area contributed by atoms with Crippen LogP contribution in [-0.4, -0.2) is 25.9 Å². The van der Waals surface area contributed by atoms with Gasteiger partial charge in [0, 0.05) is 47.3 Å². The summed E-state index contributed by atoms with van der Waals surface area (Å²) < 4.78 is 19.4. The number of benzene rings is 3. The van der Waals surface area contributed by atoms with Crippen molar-refractivity contribution in [2.75, 3.05) is 21.3 Å². The molecule has 1 aromatic heterocycles. The summed E-state index contributed by atoms with van der Waals surface area (Å²) in [5.74, 6) is 2.52. The maximum absolute atomic E-state index is 5.85. The predicted octanol–water partition coefficient (Wildman–Crippen LogP) is 5.36. The number of aromatic nitrogens is 1. The fourth-order valence-corrected chi connectivity index (χ4v) is 4.72. The van der Waals surface area contributed by atoms with Crippen LogP contribution in [0.2, 0.25) is 0 Å². The van der Waals surface area contributed by atoms with Crippen molar-refractivity contribution >= 4 is 10.9 Å². The van der Waals surface area contributed by atoms with Crippen molar-refractivity contribution in [1.29, 1.82) is 0 Å². The van der Waals surface area contributed by atoms with Crippen LogP contribution in [0.5, 0.6) is 17.2 Å². The van der Waals surface area contributed by atoms with Crippen molar-refractivity contribution < 1.29 is 14.2 Å². The number of para-hydroxylation sites is 1. The molecule has 0 fully saturated rings. The smallest absolute Gasteiger partial charge is 0.127 e. The van der Waals surface area contributed by atoms with E-state index in [1.165, 1.54) is 22.0 Å². The van der Waals surface area contributed by atoms with E-state index in [1.807, 2.05) is 12.1 Å². The molecule has 0 saturated heterocycles. The first-order chi connectivity index (χ1) is 14.2. The van der Waals surface area contributed by atoms with Gasteiger partial charge < -0.3 is 18.8 Å². The fourth-order valence-electron chi connectivity index (χ4n) is 4.72. The van der Waals surface area contributed by atoms with Crippen LogP contribution in [0, 0.1) is 0 Å². The minimum Gasteiger partial charge on any atom is -0.497 e. The standard InChI is InChI=1S/C25H23NO3/c1-26-14-19(16-8-5-6-10-20(16)26)24-17-9-7-11-21(28-3)23(17)18-12-15(27-2)13-22(29-4)25(18)24/h5-14,24H,1-4H3. The molecule has 146 valence electrons. The lowest BCUT2D eigenvalue weighted by Crippen LogP contribution is -2.02. The fraction of sp³-hybridized carbons (Fsp3) is 0.200. The van der Waals surface area contributed by atoms with Crippen LogP contribution in [0.3, 0.4) is 0 Å². The highest BCUT2D eigenvalue weighted by Crippen LogP contribution is 2.56. The second kappa shape index (κ2) is 6.59. The molecule has 0 bridgehead atoms. The van der Waals surface area contributed by atoms with Gasteiger partial charge in [0.25, 0.3) is 0 Å². The summed E-state index contributed by atoms with van der Waals surface area (Å²) in [6.07, 6.45) is 2.23. The van der Waals surface area contributed by atoms with Gasteiger partial charge in [0.05, 0.1) is 21.3 Å². The monoisotopic (exact) mass is 385 g/mol. The van der Waals surface area contributed by atoms with E-state index in [0.717, 1.165) is 33.9 Å². The highest BCUT2D eigenvalue weighted by Gasteiger charge is 2.37. The zero-order valence-electron chi connectivity index (χ0n) is 17.0. The van der Waals surface area contributed by atoms with Gasteiger partial charge in [-0.3, -0.25) is 0 Å². The summed E-state index contributed by atoms with van der Waals surface area (Å²) >= 11 is 0. The molecular formula is C25H23NO3. The predicted molar refractivity (Wildman–Crippen MR) is 115 cm³/mol. The summed E-state index contributed by atoms with van der Waals surface area (Å²) in [7, 11) is 7.22. The van der Waals surface area contributed by atoms with Crippen LogP contribution in [0.1, 0.15) is 22.6 Å². The van der Waals surface area contributed by atoms with Gasteiger partial charge in [0.15, 0.2) is 0 Å². The lowest BCUT2D eigenvalue weighted by Gasteiger charge is -2.17. The maximum atomic E-state index is 5.85. The minimum absolute atomic E-state index is 0.0575. The number of nitrogens with zero attached hydrogens (tertiary/aromatic N) is 1. The lowest BCUT2D eigenvalue weighted by atomic mass is 9.88. The van der Waals surface area contributed by atoms with Crippen LogP contribution < -0.4 is 14.2 Å². The van der Waals surface area contributed by atoms with Gasteiger partial charge in [-0.15, -0.1) is 0 Å². The van der Waals surface area contributed by atoms with Crippen molar-refractivity contribution in [3.63, 3.8) is 0 Å². The van der Waals surface area contributed by atoms with Crippen molar-refractivity contribution in [2.45, 2.75) is 5.92 Å². The molecule has 3 aromatic carbocycles. The molecule has 4 aromatic rings. The highest BCUT2D eigenvalue weighted by atomic mass is 16.5. The van der Waals surface area contributed by atoms with E-state index >= 15 is 0 Å². The normalized spacial score (nSPS) is 14.6. The van der Waals surface area contributed by atoms with Crippen LogP contribution in [-0.2, 0) is 7.05 Å². The molecule has 0 saturated carbocycles. The third kappa shape index (κ3) is 2.45. The second-order valence-corrected chi connectivity index (χ2v) is 7.36. The summed E-state index contributed by atoms with van der Waals surface area (Å²) in [6, 6.07) is 18.9. The van der Waals surface area contributed by atoms with E-state index in [9.17, 15) is 0 Å². The van der Waals surface area contributed by atoms with E-state index in [-0.39, 0.29) is 5.92 Å². The van der Waals surface area contributed by atoms with E-state index in [4.69, 9.17) is 14.2 Å². The van der Waals surface area contributed by atoms with E-state index in [0.29, 0.717) is 0 Å². The summed E-state index contributed by atoms with van der Waals surface area (Å²) in [5.41, 5.74) is 7.07. The molecule has 1 atom stereocenters. The Balaban J connectivity index is 1.89. The molecule has 5 rings (SSSR count). The second-order valence-electron chi connectivity index (χ2n) is 7.36. The Labute approximate surface area is 170 Å². The molecule has 0 spiro atoms. The number of ether oxygens (including phenoxy) is 3. The van der Waals surface area contributed by atoms with Gasteiger partial charge in [-0.25, -0.2) is 0 Å². The lowest BCUT2D eigenvalue weighted by molar-refractivity contribution is 0.391. The summed E-state index contributed by atoms with van der Waals surface area (Å²) in [4.78, 5) is 0. The number of fused-ring (bicyclic) bond motifs is 4. The first-order valence-corrected chi connectivity index (χ1v) is 9.65. The largest absolute Gasteiger partial charge is 0.497 e. The highest BCUT2D eigenvalue weighted by molar-refractivity contribution is 5.92. The van der Waals surface area contributed by atoms with Crippen molar-refractivity contribution in [3.8, 4) is 28.4 Å². The molecule has 0 radical (unpaired) electrons. The zero-order chi connectivity index (χ0) is 20.1. The Bertz CT molecular complexity index is 1240. The Hall–Kier alpha value is -3.40. The van der Waals surface area contributed by atoms with E-state index in [1.54, 1.807) is 21.3 Å². The molecule has 1 heterocycles. The maximum Gasteiger partial charge on any atom is 0.127 e. The van der Waals surface area contributed by atoms with E-state index < -0.39 is 0 Å². The van der Waals surface area contributed by atoms with Gasteiger partial charge in [-0.05, 0) is 34.9 Å². The summed E-state index contributed by atoms with van der Waals surface area (Å²) in [5, 5.41) is 1.25. The molecule has 0 aliphatic heterocycles. The number of rotatable bonds is 4. The van der Waals surface area contributed by atoms with Gasteiger partial charge in [-0.1, -0.05) is 30.3 Å². The minimum atomic E-state index is 0.0575. The number of aryl methyl sites for hydroxylation is 1. The summed E-state index contributed by atoms with van der Waals surface area (Å²) in [6.45, 7) is 0. The molecule has 0 amide bonds. The molecule has 4 nitrogen and oxygen atoms in total. The Morgan fingerprint density at radius 3 is 2.34 bits per heavy atom. The van der Waals surface area contributed by atoms with Gasteiger partial charge in [0.2, 0.25) is 0 Å². The number of hydrogen-bond donors (Lipinski definition) is 0. The van der Waals surface area contributed by atoms with Gasteiger partial charge >= 0.3 is 0 Å². The molecule has 0 N–H and O–H groups in total. The number of methoxy groups -OCH3 is 3. The third-order valence-corrected chi connectivity index (χ3v) is 5.96. The van der Waals surface area contributed by atoms with Crippen molar-refractivity contribution in [3.05, 3.63) is 77.5 Å². The van der Waals surface area contributed by atoms with Crippen LogP contribution in [0.25, 0.3) is 22.0 Å². The SMILES string of the molecule is COc1cc(OC)c2c(c1)-c1c(OC)cccc1C2c1cn(C)c2ccccc12. The molecular weight excluding hydrogens is 362 g/mol. The van der Waals surface area contributed by atoms with Gasteiger partial charge in [0.1, 0.15) is 17.2 Å². The molecule has 1 aliphatic rings. The topological polar surface area (TPSA) is 32.6 Å². The molecule has 1 unspecified atom stereocenters. The zero-order valence-corrected chi connectivity index (χ0v) is 17.0. The van der Waals surface area contributed by atoms with Crippen LogP contribution in [0.4, 0.5) is 0 Å². The quantitative estimate of drug-likeness (QED) is 0.417. The Morgan fingerprint density at radius 1 is 0.793 bits per heavy atom. The first kappa shape index (κ1) is 17.7. The molecule has 29 heavy (non-hydrogen) atoms. The van der Waals surface area contributed by atoms with Crippen LogP contribution in [0.15, 0.2) is 60.8 Å². The van der Waals surface area contributed by atoms with Crippen LogP contribution >= 0.6 is 0 Å². The van der Waals surface area contributed by atoms with Crippen molar-refractivity contribution in [2.24, 2.45) is 7.05 Å². The average molecular weight is 385 g/mol. The molecule has 1 aliphatic carbocycles. The average Bonchev–Trinajstić information content (AvgIpc) is 3.27. The Morgan fingerprint density at radius 2 is 1.59 bits per heavy atom. The van der Waals surface area contributed by atoms with Crippen molar-refractivity contribution in [1.82, 2.24) is 4.57 Å². The Kier molecular flexibility index (Phi) is 4.02. The molecule has 4 heteroatoms. The number of hydrogen-bond acceptors (Lipinski definition) is 3. The first-order valence-electron chi connectivity index (χ1n) is 9.65. The van der Waals surface area contributed by atoms with E-state index in [2.05, 4.69) is 60.3 Å². The third-order valence-electron chi connectivity index (χ3n) is 5.96. The van der Waals surface area contributed by atoms with Gasteiger partial charge in [-0.2, -0.15) is 0 Å².